The van der Waals surface area contributed by atoms with Gasteiger partial charge in [0.25, 0.3) is 5.91 Å². The standard InChI is InChI=1S/C22H20N2O4/c1-27-15-7-4-6-14(12-15)23-20(25)13-28-22(26)21-16-8-2-3-10-18(16)24-19-11-5-9-17(19)21/h2-4,6-8,10,12H,5,9,11,13H2,1H3,(H,23,25). The highest BCUT2D eigenvalue weighted by atomic mass is 16.5. The van der Waals surface area contributed by atoms with Gasteiger partial charge in [0.2, 0.25) is 0 Å². The molecular formula is C22H20N2O4. The summed E-state index contributed by atoms with van der Waals surface area (Å²) in [6.45, 7) is -0.360. The van der Waals surface area contributed by atoms with Crippen molar-refractivity contribution >= 4 is 28.5 Å². The number of aromatic nitrogens is 1. The lowest BCUT2D eigenvalue weighted by Gasteiger charge is -2.12. The van der Waals surface area contributed by atoms with Crippen LogP contribution in [-0.4, -0.2) is 30.6 Å². The van der Waals surface area contributed by atoms with E-state index in [0.717, 1.165) is 41.4 Å². The molecule has 1 aliphatic carbocycles. The van der Waals surface area contributed by atoms with Gasteiger partial charge in [0.15, 0.2) is 6.61 Å². The van der Waals surface area contributed by atoms with Gasteiger partial charge >= 0.3 is 5.97 Å². The van der Waals surface area contributed by atoms with E-state index in [4.69, 9.17) is 9.47 Å². The number of para-hydroxylation sites is 1. The minimum Gasteiger partial charge on any atom is -0.497 e. The van der Waals surface area contributed by atoms with Gasteiger partial charge in [-0.2, -0.15) is 0 Å². The van der Waals surface area contributed by atoms with E-state index in [0.29, 0.717) is 17.0 Å². The summed E-state index contributed by atoms with van der Waals surface area (Å²) in [6.07, 6.45) is 2.62. The van der Waals surface area contributed by atoms with E-state index >= 15 is 0 Å². The fourth-order valence-corrected chi connectivity index (χ4v) is 3.55. The average Bonchev–Trinajstić information content (AvgIpc) is 3.18. The topological polar surface area (TPSA) is 77.5 Å². The Kier molecular flexibility index (Phi) is 4.93. The molecule has 0 aliphatic heterocycles. The van der Waals surface area contributed by atoms with E-state index in [1.54, 1.807) is 31.4 Å². The Balaban J connectivity index is 1.50. The van der Waals surface area contributed by atoms with Crippen molar-refractivity contribution in [3.63, 3.8) is 0 Å². The third kappa shape index (κ3) is 3.53. The molecule has 1 aliphatic rings. The first kappa shape index (κ1) is 18.0. The number of aryl methyl sites for hydroxylation is 1. The number of benzene rings is 2. The number of esters is 1. The number of anilines is 1. The smallest absolute Gasteiger partial charge is 0.339 e. The second kappa shape index (κ2) is 7.68. The highest BCUT2D eigenvalue weighted by molar-refractivity contribution is 6.06. The Hall–Kier alpha value is -3.41. The third-order valence-electron chi connectivity index (χ3n) is 4.81. The molecule has 1 heterocycles. The Morgan fingerprint density at radius 3 is 2.82 bits per heavy atom. The molecule has 4 rings (SSSR count). The van der Waals surface area contributed by atoms with E-state index in [9.17, 15) is 9.59 Å². The van der Waals surface area contributed by atoms with Gasteiger partial charge in [-0.15, -0.1) is 0 Å². The molecule has 0 bridgehead atoms. The molecule has 0 radical (unpaired) electrons. The number of nitrogens with zero attached hydrogens (tertiary/aromatic N) is 1. The molecule has 28 heavy (non-hydrogen) atoms. The van der Waals surface area contributed by atoms with Gasteiger partial charge in [0.05, 0.1) is 18.2 Å². The van der Waals surface area contributed by atoms with Crippen molar-refractivity contribution in [3.8, 4) is 5.75 Å². The molecule has 0 saturated carbocycles. The van der Waals surface area contributed by atoms with Crippen molar-refractivity contribution in [2.45, 2.75) is 19.3 Å². The maximum absolute atomic E-state index is 12.8. The quantitative estimate of drug-likeness (QED) is 0.690. The summed E-state index contributed by atoms with van der Waals surface area (Å²) in [6, 6.07) is 14.5. The first-order chi connectivity index (χ1) is 13.7. The Morgan fingerprint density at radius 1 is 1.11 bits per heavy atom. The summed E-state index contributed by atoms with van der Waals surface area (Å²) in [5, 5.41) is 3.47. The van der Waals surface area contributed by atoms with Crippen molar-refractivity contribution in [2.24, 2.45) is 0 Å². The lowest BCUT2D eigenvalue weighted by molar-refractivity contribution is -0.119. The normalized spacial score (nSPS) is 12.5. The highest BCUT2D eigenvalue weighted by Crippen LogP contribution is 2.30. The molecule has 1 N–H and O–H groups in total. The molecule has 142 valence electrons. The van der Waals surface area contributed by atoms with Crippen LogP contribution in [0.25, 0.3) is 10.9 Å². The van der Waals surface area contributed by atoms with Crippen LogP contribution in [0.5, 0.6) is 5.75 Å². The van der Waals surface area contributed by atoms with E-state index in [1.165, 1.54) is 0 Å². The number of fused-ring (bicyclic) bond motifs is 2. The zero-order valence-electron chi connectivity index (χ0n) is 15.5. The summed E-state index contributed by atoms with van der Waals surface area (Å²) in [5.74, 6) is -0.261. The minimum atomic E-state index is -0.488. The fraction of sp³-hybridized carbons (Fsp3) is 0.227. The molecule has 0 spiro atoms. The number of carbonyl (C=O) groups excluding carboxylic acids is 2. The number of amides is 1. The maximum Gasteiger partial charge on any atom is 0.339 e. The number of hydrogen-bond donors (Lipinski definition) is 1. The van der Waals surface area contributed by atoms with Crippen LogP contribution in [0.2, 0.25) is 0 Å². The monoisotopic (exact) mass is 376 g/mol. The van der Waals surface area contributed by atoms with Crippen molar-refractivity contribution in [3.05, 3.63) is 65.4 Å². The molecule has 0 unspecified atom stereocenters. The van der Waals surface area contributed by atoms with Gasteiger partial charge in [0, 0.05) is 22.8 Å². The molecule has 1 amide bonds. The van der Waals surface area contributed by atoms with Gasteiger partial charge in [-0.25, -0.2) is 4.79 Å². The van der Waals surface area contributed by atoms with Gasteiger partial charge in [-0.05, 0) is 43.0 Å². The number of rotatable bonds is 5. The Morgan fingerprint density at radius 2 is 1.96 bits per heavy atom. The molecule has 1 aromatic heterocycles. The lowest BCUT2D eigenvalue weighted by atomic mass is 10.0. The lowest BCUT2D eigenvalue weighted by Crippen LogP contribution is -2.21. The second-order valence-corrected chi connectivity index (χ2v) is 6.64. The average molecular weight is 376 g/mol. The van der Waals surface area contributed by atoms with Gasteiger partial charge in [-0.3, -0.25) is 9.78 Å². The summed E-state index contributed by atoms with van der Waals surface area (Å²) in [4.78, 5) is 29.7. The van der Waals surface area contributed by atoms with Crippen LogP contribution in [-0.2, 0) is 22.4 Å². The first-order valence-corrected chi connectivity index (χ1v) is 9.17. The minimum absolute atomic E-state index is 0.360. The van der Waals surface area contributed by atoms with Crippen molar-refractivity contribution in [2.75, 3.05) is 19.0 Å². The van der Waals surface area contributed by atoms with Crippen LogP contribution in [0.4, 0.5) is 5.69 Å². The van der Waals surface area contributed by atoms with Crippen molar-refractivity contribution in [1.29, 1.82) is 0 Å². The number of carbonyl (C=O) groups is 2. The summed E-state index contributed by atoms with van der Waals surface area (Å²) >= 11 is 0. The van der Waals surface area contributed by atoms with Crippen LogP contribution in [0, 0.1) is 0 Å². The summed E-state index contributed by atoms with van der Waals surface area (Å²) < 4.78 is 10.5. The van der Waals surface area contributed by atoms with E-state index in [2.05, 4.69) is 10.3 Å². The maximum atomic E-state index is 12.8. The largest absolute Gasteiger partial charge is 0.497 e. The number of methoxy groups -OCH3 is 1. The molecule has 0 fully saturated rings. The number of pyridine rings is 1. The van der Waals surface area contributed by atoms with E-state index in [1.807, 2.05) is 24.3 Å². The molecule has 2 aromatic carbocycles. The van der Waals surface area contributed by atoms with Crippen LogP contribution in [0.3, 0.4) is 0 Å². The number of nitrogens with one attached hydrogen (secondary N) is 1. The number of ether oxygens (including phenoxy) is 2. The molecule has 6 heteroatoms. The van der Waals surface area contributed by atoms with Crippen molar-refractivity contribution < 1.29 is 19.1 Å². The predicted molar refractivity (Wildman–Crippen MR) is 106 cm³/mol. The van der Waals surface area contributed by atoms with Gasteiger partial charge < -0.3 is 14.8 Å². The summed E-state index contributed by atoms with van der Waals surface area (Å²) in [5.41, 5.74) is 3.78. The van der Waals surface area contributed by atoms with Crippen LogP contribution in [0.15, 0.2) is 48.5 Å². The molecular weight excluding hydrogens is 356 g/mol. The first-order valence-electron chi connectivity index (χ1n) is 9.17. The molecule has 0 atom stereocenters. The zero-order chi connectivity index (χ0) is 19.5. The van der Waals surface area contributed by atoms with Crippen LogP contribution >= 0.6 is 0 Å². The van der Waals surface area contributed by atoms with Crippen molar-refractivity contribution in [1.82, 2.24) is 4.98 Å². The third-order valence-corrected chi connectivity index (χ3v) is 4.81. The van der Waals surface area contributed by atoms with Gasteiger partial charge in [-0.1, -0.05) is 24.3 Å². The molecule has 6 nitrogen and oxygen atoms in total. The molecule has 3 aromatic rings. The second-order valence-electron chi connectivity index (χ2n) is 6.64. The Bertz CT molecular complexity index is 1060. The Labute approximate surface area is 162 Å². The van der Waals surface area contributed by atoms with Crippen LogP contribution < -0.4 is 10.1 Å². The SMILES string of the molecule is COc1cccc(NC(=O)COC(=O)c2c3c(nc4ccccc24)CCC3)c1. The summed E-state index contributed by atoms with van der Waals surface area (Å²) in [7, 11) is 1.56. The van der Waals surface area contributed by atoms with Crippen LogP contribution in [0.1, 0.15) is 28.0 Å². The van der Waals surface area contributed by atoms with E-state index < -0.39 is 11.9 Å². The van der Waals surface area contributed by atoms with Gasteiger partial charge in [0.1, 0.15) is 5.75 Å². The highest BCUT2D eigenvalue weighted by Gasteiger charge is 2.25. The zero-order valence-corrected chi connectivity index (χ0v) is 15.5. The predicted octanol–water partition coefficient (Wildman–Crippen LogP) is 3.53. The fourth-order valence-electron chi connectivity index (χ4n) is 3.55. The number of hydrogen-bond acceptors (Lipinski definition) is 5. The molecule has 0 saturated heterocycles. The van der Waals surface area contributed by atoms with E-state index in [-0.39, 0.29) is 6.61 Å².